The normalized spacial score (nSPS) is 11.7. The van der Waals surface area contributed by atoms with Gasteiger partial charge >= 0.3 is 0 Å². The highest BCUT2D eigenvalue weighted by atomic mass is 35.5. The summed E-state index contributed by atoms with van der Waals surface area (Å²) in [4.78, 5) is 12.6. The number of amides is 1. The van der Waals surface area contributed by atoms with Crippen LogP contribution in [-0.2, 0) is 14.8 Å². The van der Waals surface area contributed by atoms with E-state index in [2.05, 4.69) is 10.5 Å². The smallest absolute Gasteiger partial charge is 0.260 e. The molecule has 0 bridgehead atoms. The van der Waals surface area contributed by atoms with Gasteiger partial charge in [0.2, 0.25) is 10.0 Å². The summed E-state index contributed by atoms with van der Waals surface area (Å²) in [5.41, 5.74) is 7.79. The maximum atomic E-state index is 12.6. The van der Waals surface area contributed by atoms with Gasteiger partial charge in [-0.15, -0.1) is 0 Å². The number of aromatic nitrogens is 1. The molecule has 0 aliphatic carbocycles. The minimum atomic E-state index is -3.69. The van der Waals surface area contributed by atoms with E-state index in [1.54, 1.807) is 38.1 Å². The van der Waals surface area contributed by atoms with E-state index in [0.29, 0.717) is 15.7 Å². The van der Waals surface area contributed by atoms with Crippen molar-refractivity contribution in [2.45, 2.75) is 27.7 Å². The molecule has 0 atom stereocenters. The lowest BCUT2D eigenvalue weighted by Crippen LogP contribution is -2.39. The Kier molecular flexibility index (Phi) is 7.75. The molecule has 180 valence electrons. The van der Waals surface area contributed by atoms with Crippen molar-refractivity contribution < 1.29 is 13.2 Å². The number of anilines is 1. The van der Waals surface area contributed by atoms with Gasteiger partial charge in [-0.3, -0.25) is 9.10 Å². The summed E-state index contributed by atoms with van der Waals surface area (Å²) in [5.74, 6) is -0.557. The number of hydrogen-bond donors (Lipinski definition) is 1. The van der Waals surface area contributed by atoms with Crippen molar-refractivity contribution in [1.29, 1.82) is 0 Å². The molecular formula is C24H26Cl2N4O3S. The van der Waals surface area contributed by atoms with E-state index in [9.17, 15) is 13.2 Å². The third-order valence-corrected chi connectivity index (χ3v) is 7.04. The first kappa shape index (κ1) is 25.8. The van der Waals surface area contributed by atoms with E-state index in [1.165, 1.54) is 6.21 Å². The number of rotatable bonds is 7. The van der Waals surface area contributed by atoms with Crippen LogP contribution in [0.4, 0.5) is 5.69 Å². The zero-order chi connectivity index (χ0) is 25.2. The summed E-state index contributed by atoms with van der Waals surface area (Å²) in [6, 6.07) is 12.6. The molecule has 1 amide bonds. The number of hydrogen-bond acceptors (Lipinski definition) is 4. The summed E-state index contributed by atoms with van der Waals surface area (Å²) in [5, 5.41) is 5.11. The Labute approximate surface area is 210 Å². The second-order valence-corrected chi connectivity index (χ2v) is 10.8. The zero-order valence-corrected chi connectivity index (χ0v) is 21.9. The maximum Gasteiger partial charge on any atom is 0.260 e. The van der Waals surface area contributed by atoms with Crippen molar-refractivity contribution in [3.63, 3.8) is 0 Å². The lowest BCUT2D eigenvalue weighted by molar-refractivity contribution is -0.119. The average Bonchev–Trinajstić information content (AvgIpc) is 3.00. The van der Waals surface area contributed by atoms with Gasteiger partial charge in [-0.1, -0.05) is 41.4 Å². The Morgan fingerprint density at radius 3 is 2.32 bits per heavy atom. The van der Waals surface area contributed by atoms with Crippen LogP contribution in [0.25, 0.3) is 5.69 Å². The minimum Gasteiger partial charge on any atom is -0.316 e. The van der Waals surface area contributed by atoms with Crippen LogP contribution < -0.4 is 9.73 Å². The van der Waals surface area contributed by atoms with E-state index in [0.717, 1.165) is 44.3 Å². The summed E-state index contributed by atoms with van der Waals surface area (Å²) in [6.45, 7) is 7.07. The largest absolute Gasteiger partial charge is 0.316 e. The Morgan fingerprint density at radius 2 is 1.74 bits per heavy atom. The maximum absolute atomic E-state index is 12.6. The highest BCUT2D eigenvalue weighted by Crippen LogP contribution is 2.29. The molecule has 3 aromatic rings. The fourth-order valence-corrected chi connectivity index (χ4v) is 5.32. The fraction of sp³-hybridized carbons (Fsp3) is 0.250. The second kappa shape index (κ2) is 10.2. The van der Waals surface area contributed by atoms with Gasteiger partial charge in [-0.25, -0.2) is 13.8 Å². The van der Waals surface area contributed by atoms with Crippen molar-refractivity contribution >= 4 is 51.0 Å². The Hall–Kier alpha value is -2.81. The molecule has 0 fully saturated rings. The van der Waals surface area contributed by atoms with E-state index < -0.39 is 15.9 Å². The Bertz CT molecular complexity index is 1360. The lowest BCUT2D eigenvalue weighted by atomic mass is 10.1. The van der Waals surface area contributed by atoms with Gasteiger partial charge in [0, 0.05) is 22.0 Å². The summed E-state index contributed by atoms with van der Waals surface area (Å²) in [6.07, 6.45) is 2.59. The molecular weight excluding hydrogens is 495 g/mol. The van der Waals surface area contributed by atoms with E-state index in [4.69, 9.17) is 23.2 Å². The van der Waals surface area contributed by atoms with Gasteiger partial charge < -0.3 is 4.57 Å². The zero-order valence-electron chi connectivity index (χ0n) is 19.6. The number of nitrogens with zero attached hydrogens (tertiary/aromatic N) is 3. The lowest BCUT2D eigenvalue weighted by Gasteiger charge is -2.25. The monoisotopic (exact) mass is 520 g/mol. The Morgan fingerprint density at radius 1 is 1.09 bits per heavy atom. The molecule has 1 N–H and O–H groups in total. The molecule has 7 nitrogen and oxygen atoms in total. The van der Waals surface area contributed by atoms with Crippen molar-refractivity contribution in [1.82, 2.24) is 9.99 Å². The van der Waals surface area contributed by atoms with Crippen LogP contribution in [-0.4, -0.2) is 37.9 Å². The number of nitrogens with one attached hydrogen (secondary N) is 1. The molecule has 0 spiro atoms. The number of halogens is 2. The molecule has 0 saturated carbocycles. The molecule has 1 heterocycles. The first-order chi connectivity index (χ1) is 15.9. The highest BCUT2D eigenvalue weighted by molar-refractivity contribution is 7.92. The number of benzene rings is 2. The van der Waals surface area contributed by atoms with E-state index in [1.807, 2.05) is 36.6 Å². The van der Waals surface area contributed by atoms with Crippen LogP contribution in [0, 0.1) is 27.7 Å². The van der Waals surface area contributed by atoms with Crippen LogP contribution in [0.2, 0.25) is 10.0 Å². The number of carbonyl (C=O) groups excluding carboxylic acids is 1. The van der Waals surface area contributed by atoms with Gasteiger partial charge in [-0.05, 0) is 63.1 Å². The van der Waals surface area contributed by atoms with Crippen LogP contribution in [0.15, 0.2) is 47.6 Å². The second-order valence-electron chi connectivity index (χ2n) is 8.06. The SMILES string of the molecule is Cc1cccc(C)c1N(CC(=O)N/N=C\c1cc(C)n(-c2ccc(Cl)cc2Cl)c1C)S(C)(=O)=O. The van der Waals surface area contributed by atoms with Crippen LogP contribution in [0.3, 0.4) is 0 Å². The Balaban J connectivity index is 1.80. The molecule has 0 aliphatic heterocycles. The predicted molar refractivity (Wildman–Crippen MR) is 139 cm³/mol. The number of sulfonamides is 1. The summed E-state index contributed by atoms with van der Waals surface area (Å²) in [7, 11) is -3.69. The quantitative estimate of drug-likeness (QED) is 0.353. The summed E-state index contributed by atoms with van der Waals surface area (Å²) < 4.78 is 27.9. The molecule has 0 unspecified atom stereocenters. The predicted octanol–water partition coefficient (Wildman–Crippen LogP) is 4.93. The first-order valence-corrected chi connectivity index (χ1v) is 13.0. The van der Waals surface area contributed by atoms with Crippen molar-refractivity contribution in [3.8, 4) is 5.69 Å². The standard InChI is InChI=1S/C24H26Cl2N4O3S/c1-15-7-6-8-16(2)24(15)29(34(5,32)33)14-23(31)28-27-13-19-11-17(3)30(18(19)4)22-10-9-20(25)12-21(22)26/h6-13H,14H2,1-5H3,(H,28,31)/b27-13-. The van der Waals surface area contributed by atoms with Gasteiger partial charge in [0.25, 0.3) is 5.91 Å². The van der Waals surface area contributed by atoms with Gasteiger partial charge in [0.15, 0.2) is 0 Å². The van der Waals surface area contributed by atoms with Gasteiger partial charge in [0.05, 0.1) is 28.9 Å². The number of hydrazone groups is 1. The topological polar surface area (TPSA) is 83.8 Å². The van der Waals surface area contributed by atoms with Crippen molar-refractivity contribution in [2.75, 3.05) is 17.1 Å². The van der Waals surface area contributed by atoms with Crippen molar-refractivity contribution in [2.24, 2.45) is 5.10 Å². The number of para-hydroxylation sites is 1. The molecule has 10 heteroatoms. The molecule has 0 aliphatic rings. The van der Waals surface area contributed by atoms with E-state index in [-0.39, 0.29) is 6.54 Å². The van der Waals surface area contributed by atoms with Crippen LogP contribution in [0.5, 0.6) is 0 Å². The number of aryl methyl sites for hydroxylation is 3. The molecule has 0 saturated heterocycles. The molecule has 1 aromatic heterocycles. The van der Waals surface area contributed by atoms with E-state index >= 15 is 0 Å². The molecule has 0 radical (unpaired) electrons. The minimum absolute atomic E-state index is 0.388. The van der Waals surface area contributed by atoms with Crippen LogP contribution >= 0.6 is 23.2 Å². The third kappa shape index (κ3) is 5.63. The van der Waals surface area contributed by atoms with Crippen LogP contribution in [0.1, 0.15) is 28.1 Å². The number of carbonyl (C=O) groups is 1. The molecule has 3 rings (SSSR count). The van der Waals surface area contributed by atoms with Gasteiger partial charge in [0.1, 0.15) is 6.54 Å². The highest BCUT2D eigenvalue weighted by Gasteiger charge is 2.23. The average molecular weight is 521 g/mol. The third-order valence-electron chi connectivity index (χ3n) is 5.39. The summed E-state index contributed by atoms with van der Waals surface area (Å²) >= 11 is 12.4. The first-order valence-electron chi connectivity index (χ1n) is 10.4. The fourth-order valence-electron chi connectivity index (χ4n) is 3.85. The van der Waals surface area contributed by atoms with Crippen molar-refractivity contribution in [3.05, 3.63) is 80.6 Å². The molecule has 2 aromatic carbocycles. The molecule has 34 heavy (non-hydrogen) atoms. The van der Waals surface area contributed by atoms with Gasteiger partial charge in [-0.2, -0.15) is 5.10 Å².